The van der Waals surface area contributed by atoms with E-state index in [0.717, 1.165) is 17.7 Å². The molecule has 2 aromatic rings. The molecular formula is C17H17NO6. The quantitative estimate of drug-likeness (QED) is 0.568. The number of esters is 1. The fourth-order valence-corrected chi connectivity index (χ4v) is 1.99. The third kappa shape index (κ3) is 4.16. The summed E-state index contributed by atoms with van der Waals surface area (Å²) < 4.78 is 4.86. The van der Waals surface area contributed by atoms with E-state index in [1.807, 2.05) is 30.3 Å². The van der Waals surface area contributed by atoms with Crippen LogP contribution in [0.25, 0.3) is 0 Å². The summed E-state index contributed by atoms with van der Waals surface area (Å²) >= 11 is 0. The van der Waals surface area contributed by atoms with Gasteiger partial charge < -0.3 is 25.0 Å². The van der Waals surface area contributed by atoms with Crippen molar-refractivity contribution in [2.24, 2.45) is 0 Å². The number of phenolic OH excluding ortho intramolecular Hbond substituents is 3. The molecular weight excluding hydrogens is 314 g/mol. The molecule has 2 aromatic carbocycles. The lowest BCUT2D eigenvalue weighted by Gasteiger charge is -2.17. The molecule has 0 aliphatic rings. The summed E-state index contributed by atoms with van der Waals surface area (Å²) in [4.78, 5) is 25.2. The fourth-order valence-electron chi connectivity index (χ4n) is 1.99. The van der Waals surface area contributed by atoms with Crippen LogP contribution in [0.4, 0.5) is 0 Å². The summed E-state index contributed by atoms with van der Waals surface area (Å²) in [6.45, 7) is -0.109. The van der Waals surface area contributed by atoms with Gasteiger partial charge >= 0.3 is 5.97 Å². The van der Waals surface area contributed by atoms with E-state index in [0.29, 0.717) is 6.54 Å². The number of hydrogen-bond acceptors (Lipinski definition) is 6. The van der Waals surface area contributed by atoms with Crippen molar-refractivity contribution >= 4 is 11.9 Å². The van der Waals surface area contributed by atoms with Crippen LogP contribution >= 0.6 is 0 Å². The van der Waals surface area contributed by atoms with E-state index in [1.54, 1.807) is 7.05 Å². The molecule has 0 aromatic heterocycles. The van der Waals surface area contributed by atoms with Gasteiger partial charge in [-0.3, -0.25) is 4.79 Å². The highest BCUT2D eigenvalue weighted by atomic mass is 16.5. The minimum absolute atomic E-state index is 0.179. The van der Waals surface area contributed by atoms with E-state index in [1.165, 1.54) is 4.90 Å². The first kappa shape index (κ1) is 17.1. The van der Waals surface area contributed by atoms with Crippen LogP contribution in [0.5, 0.6) is 17.2 Å². The number of benzene rings is 2. The molecule has 0 radical (unpaired) electrons. The van der Waals surface area contributed by atoms with Crippen molar-refractivity contribution in [3.63, 3.8) is 0 Å². The van der Waals surface area contributed by atoms with Gasteiger partial charge in [0.05, 0.1) is 5.56 Å². The number of phenols is 3. The molecule has 0 spiro atoms. The van der Waals surface area contributed by atoms with Crippen LogP contribution in [0.15, 0.2) is 42.5 Å². The largest absolute Gasteiger partial charge is 0.504 e. The van der Waals surface area contributed by atoms with Gasteiger partial charge in [-0.2, -0.15) is 0 Å². The molecule has 1 amide bonds. The van der Waals surface area contributed by atoms with Crippen molar-refractivity contribution in [3.05, 3.63) is 53.6 Å². The van der Waals surface area contributed by atoms with Crippen LogP contribution in [0, 0.1) is 0 Å². The van der Waals surface area contributed by atoms with E-state index < -0.39 is 35.7 Å². The summed E-state index contributed by atoms with van der Waals surface area (Å²) in [7, 11) is 1.58. The highest BCUT2D eigenvalue weighted by Gasteiger charge is 2.17. The van der Waals surface area contributed by atoms with Gasteiger partial charge in [0.2, 0.25) is 0 Å². The number of carbonyl (C=O) groups excluding carboxylic acids is 2. The number of likely N-dealkylation sites (N-methyl/N-ethyl adjacent to an activating group) is 1. The highest BCUT2D eigenvalue weighted by Crippen LogP contribution is 2.35. The predicted molar refractivity (Wildman–Crippen MR) is 84.6 cm³/mol. The third-order valence-electron chi connectivity index (χ3n) is 3.32. The first-order valence-electron chi connectivity index (χ1n) is 7.08. The minimum Gasteiger partial charge on any atom is -0.504 e. The summed E-state index contributed by atoms with van der Waals surface area (Å²) in [5.41, 5.74) is 0.759. The number of hydrogen-bond donors (Lipinski definition) is 3. The van der Waals surface area contributed by atoms with Crippen LogP contribution < -0.4 is 0 Å². The zero-order valence-corrected chi connectivity index (χ0v) is 13.0. The van der Waals surface area contributed by atoms with E-state index in [-0.39, 0.29) is 5.56 Å². The van der Waals surface area contributed by atoms with Crippen LogP contribution in [-0.4, -0.2) is 45.8 Å². The summed E-state index contributed by atoms with van der Waals surface area (Å²) in [6.07, 6.45) is 0. The van der Waals surface area contributed by atoms with E-state index in [4.69, 9.17) is 4.74 Å². The van der Waals surface area contributed by atoms with Crippen molar-refractivity contribution < 1.29 is 29.6 Å². The molecule has 0 aliphatic heterocycles. The van der Waals surface area contributed by atoms with Crippen molar-refractivity contribution in [1.82, 2.24) is 4.90 Å². The zero-order valence-electron chi connectivity index (χ0n) is 13.0. The molecule has 3 N–H and O–H groups in total. The molecule has 0 heterocycles. The molecule has 0 saturated carbocycles. The second-order valence-corrected chi connectivity index (χ2v) is 5.17. The third-order valence-corrected chi connectivity index (χ3v) is 3.32. The van der Waals surface area contributed by atoms with Gasteiger partial charge in [0.1, 0.15) is 0 Å². The minimum atomic E-state index is -0.901. The van der Waals surface area contributed by atoms with E-state index >= 15 is 0 Å². The SMILES string of the molecule is CN(Cc1ccccc1)C(=O)COC(=O)c1cc(O)c(O)c(O)c1. The summed E-state index contributed by atoms with van der Waals surface area (Å²) in [6, 6.07) is 11.2. The van der Waals surface area contributed by atoms with Gasteiger partial charge in [-0.1, -0.05) is 30.3 Å². The van der Waals surface area contributed by atoms with Crippen LogP contribution in [0.1, 0.15) is 15.9 Å². The Morgan fingerprint density at radius 3 is 2.21 bits per heavy atom. The number of amides is 1. The van der Waals surface area contributed by atoms with E-state index in [2.05, 4.69) is 0 Å². The zero-order chi connectivity index (χ0) is 17.7. The fraction of sp³-hybridized carbons (Fsp3) is 0.176. The number of carbonyl (C=O) groups is 2. The number of rotatable bonds is 5. The standard InChI is InChI=1S/C17H17NO6/c1-18(9-11-5-3-2-4-6-11)15(21)10-24-17(23)12-7-13(19)16(22)14(20)8-12/h2-8,19-20,22H,9-10H2,1H3. The van der Waals surface area contributed by atoms with Crippen molar-refractivity contribution in [2.45, 2.75) is 6.54 Å². The van der Waals surface area contributed by atoms with Gasteiger partial charge in [0.25, 0.3) is 5.91 Å². The molecule has 0 saturated heterocycles. The maximum Gasteiger partial charge on any atom is 0.338 e. The predicted octanol–water partition coefficient (Wildman–Crippen LogP) is 1.62. The van der Waals surface area contributed by atoms with Crippen LogP contribution in [0.3, 0.4) is 0 Å². The normalized spacial score (nSPS) is 10.2. The molecule has 0 aliphatic carbocycles. The average Bonchev–Trinajstić information content (AvgIpc) is 2.57. The maximum atomic E-state index is 12.0. The Kier molecular flexibility index (Phi) is 5.26. The Bertz CT molecular complexity index is 721. The van der Waals surface area contributed by atoms with Crippen molar-refractivity contribution in [1.29, 1.82) is 0 Å². The summed E-state index contributed by atoms with van der Waals surface area (Å²) in [5, 5.41) is 28.0. The lowest BCUT2D eigenvalue weighted by atomic mass is 10.2. The molecule has 7 heteroatoms. The van der Waals surface area contributed by atoms with Gasteiger partial charge in [0.15, 0.2) is 23.9 Å². The number of ether oxygens (including phenoxy) is 1. The second kappa shape index (κ2) is 7.36. The Hall–Kier alpha value is -3.22. The molecule has 126 valence electrons. The number of aromatic hydroxyl groups is 3. The van der Waals surface area contributed by atoms with E-state index in [9.17, 15) is 24.9 Å². The molecule has 0 unspecified atom stereocenters. The Labute approximate surface area is 138 Å². The molecule has 2 rings (SSSR count). The first-order chi connectivity index (χ1) is 11.4. The maximum absolute atomic E-state index is 12.0. The Balaban J connectivity index is 1.92. The Morgan fingerprint density at radius 1 is 1.04 bits per heavy atom. The van der Waals surface area contributed by atoms with Crippen LogP contribution in [0.2, 0.25) is 0 Å². The second-order valence-electron chi connectivity index (χ2n) is 5.17. The van der Waals surface area contributed by atoms with Crippen molar-refractivity contribution in [3.8, 4) is 17.2 Å². The molecule has 0 atom stereocenters. The first-order valence-corrected chi connectivity index (χ1v) is 7.08. The smallest absolute Gasteiger partial charge is 0.338 e. The molecule has 0 bridgehead atoms. The van der Waals surface area contributed by atoms with Gasteiger partial charge in [-0.25, -0.2) is 4.79 Å². The average molecular weight is 331 g/mol. The highest BCUT2D eigenvalue weighted by molar-refractivity contribution is 5.92. The summed E-state index contributed by atoms with van der Waals surface area (Å²) in [5.74, 6) is -3.35. The van der Waals surface area contributed by atoms with Gasteiger partial charge in [-0.15, -0.1) is 0 Å². The van der Waals surface area contributed by atoms with Crippen LogP contribution in [-0.2, 0) is 16.1 Å². The lowest BCUT2D eigenvalue weighted by Crippen LogP contribution is -2.30. The monoisotopic (exact) mass is 331 g/mol. The molecule has 7 nitrogen and oxygen atoms in total. The topological polar surface area (TPSA) is 107 Å². The van der Waals surface area contributed by atoms with Gasteiger partial charge in [0, 0.05) is 13.6 Å². The molecule has 24 heavy (non-hydrogen) atoms. The lowest BCUT2D eigenvalue weighted by molar-refractivity contribution is -0.133. The molecule has 0 fully saturated rings. The van der Waals surface area contributed by atoms with Gasteiger partial charge in [-0.05, 0) is 17.7 Å². The van der Waals surface area contributed by atoms with Crippen molar-refractivity contribution in [2.75, 3.05) is 13.7 Å². The number of nitrogens with zero attached hydrogens (tertiary/aromatic N) is 1. The Morgan fingerprint density at radius 2 is 1.62 bits per heavy atom.